The van der Waals surface area contributed by atoms with E-state index in [0.717, 1.165) is 11.8 Å². The maximum Gasteiger partial charge on any atom is 0.306 e. The van der Waals surface area contributed by atoms with Crippen molar-refractivity contribution in [3.8, 4) is 0 Å². The second-order valence-electron chi connectivity index (χ2n) is 1.54. The Balaban J connectivity index is 3.20. The van der Waals surface area contributed by atoms with Crippen LogP contribution in [0.1, 0.15) is 6.42 Å². The zero-order valence-corrected chi connectivity index (χ0v) is 6.53. The van der Waals surface area contributed by atoms with Crippen LogP contribution in [0, 0.1) is 5.41 Å². The predicted molar refractivity (Wildman–Crippen MR) is 41.0 cm³/mol. The monoisotopic (exact) mass is 162 g/mol. The molecular weight excluding hydrogens is 152 g/mol. The molecule has 0 amide bonds. The molecule has 0 atom stereocenters. The first-order valence-electron chi connectivity index (χ1n) is 2.70. The van der Waals surface area contributed by atoms with Crippen LogP contribution < -0.4 is 5.73 Å². The highest BCUT2D eigenvalue weighted by molar-refractivity contribution is 8.13. The summed E-state index contributed by atoms with van der Waals surface area (Å²) < 4.78 is 4.37. The van der Waals surface area contributed by atoms with E-state index < -0.39 is 0 Å². The van der Waals surface area contributed by atoms with Gasteiger partial charge in [0.1, 0.15) is 0 Å². The van der Waals surface area contributed by atoms with Gasteiger partial charge in [-0.2, -0.15) is 0 Å². The second-order valence-corrected chi connectivity index (χ2v) is 2.68. The van der Waals surface area contributed by atoms with Crippen LogP contribution in [0.5, 0.6) is 0 Å². The minimum atomic E-state index is -0.270. The standard InChI is InChI=1S/C5H10N2O2S/c1-9-4(8)2-3-10-5(6)7/h2-3H2,1H3,(H3,6,7). The number of ether oxygens (including phenoxy) is 1. The van der Waals surface area contributed by atoms with Gasteiger partial charge in [-0.05, 0) is 0 Å². The summed E-state index contributed by atoms with van der Waals surface area (Å²) in [4.78, 5) is 10.4. The lowest BCUT2D eigenvalue weighted by atomic mass is 10.5. The summed E-state index contributed by atoms with van der Waals surface area (Å²) >= 11 is 1.14. The molecule has 58 valence electrons. The number of thioether (sulfide) groups is 1. The normalized spacial score (nSPS) is 8.90. The third-order valence-corrected chi connectivity index (χ3v) is 1.51. The van der Waals surface area contributed by atoms with Crippen LogP contribution in [0.3, 0.4) is 0 Å². The predicted octanol–water partition coefficient (Wildman–Crippen LogP) is 0.176. The van der Waals surface area contributed by atoms with Crippen molar-refractivity contribution in [3.63, 3.8) is 0 Å². The number of nitrogens with two attached hydrogens (primary N) is 1. The molecular formula is C5H10N2O2S. The third-order valence-electron chi connectivity index (χ3n) is 0.791. The molecule has 0 radical (unpaired) electrons. The average molecular weight is 162 g/mol. The number of amidine groups is 1. The van der Waals surface area contributed by atoms with Crippen LogP contribution in [0.15, 0.2) is 0 Å². The van der Waals surface area contributed by atoms with Gasteiger partial charge in [0, 0.05) is 5.75 Å². The lowest BCUT2D eigenvalue weighted by Crippen LogP contribution is -2.07. The van der Waals surface area contributed by atoms with Gasteiger partial charge in [-0.3, -0.25) is 10.2 Å². The van der Waals surface area contributed by atoms with E-state index in [1.807, 2.05) is 0 Å². The summed E-state index contributed by atoms with van der Waals surface area (Å²) in [5, 5.41) is 6.82. The number of hydrogen-bond donors (Lipinski definition) is 2. The minimum absolute atomic E-state index is 0.0314. The van der Waals surface area contributed by atoms with Crippen molar-refractivity contribution in [2.45, 2.75) is 6.42 Å². The molecule has 0 bridgehead atoms. The Bertz CT molecular complexity index is 138. The van der Waals surface area contributed by atoms with Gasteiger partial charge in [-0.15, -0.1) is 0 Å². The molecule has 0 aromatic carbocycles. The van der Waals surface area contributed by atoms with Crippen molar-refractivity contribution >= 4 is 22.9 Å². The molecule has 10 heavy (non-hydrogen) atoms. The van der Waals surface area contributed by atoms with Crippen LogP contribution >= 0.6 is 11.8 Å². The van der Waals surface area contributed by atoms with E-state index in [9.17, 15) is 4.79 Å². The summed E-state index contributed by atoms with van der Waals surface area (Å²) in [6, 6.07) is 0. The Labute approximate surface area is 63.6 Å². The highest BCUT2D eigenvalue weighted by atomic mass is 32.2. The number of methoxy groups -OCH3 is 1. The van der Waals surface area contributed by atoms with Gasteiger partial charge >= 0.3 is 5.97 Å². The Morgan fingerprint density at radius 2 is 2.40 bits per heavy atom. The number of rotatable bonds is 3. The summed E-state index contributed by atoms with van der Waals surface area (Å²) in [5.41, 5.74) is 5.01. The molecule has 0 fully saturated rings. The fraction of sp³-hybridized carbons (Fsp3) is 0.600. The molecule has 0 heterocycles. The van der Waals surface area contributed by atoms with Crippen molar-refractivity contribution in [2.75, 3.05) is 12.9 Å². The number of carbonyl (C=O) groups excluding carboxylic acids is 1. The van der Waals surface area contributed by atoms with Gasteiger partial charge < -0.3 is 10.5 Å². The maximum absolute atomic E-state index is 10.4. The molecule has 0 unspecified atom stereocenters. The zero-order chi connectivity index (χ0) is 7.98. The lowest BCUT2D eigenvalue weighted by Gasteiger charge is -1.96. The van der Waals surface area contributed by atoms with Crippen LogP contribution in [0.25, 0.3) is 0 Å². The molecule has 0 aliphatic heterocycles. The molecule has 0 aromatic heterocycles. The molecule has 0 aliphatic rings. The van der Waals surface area contributed by atoms with Crippen molar-refractivity contribution in [1.82, 2.24) is 0 Å². The summed E-state index contributed by atoms with van der Waals surface area (Å²) in [5.74, 6) is 0.246. The van der Waals surface area contributed by atoms with Crippen molar-refractivity contribution in [2.24, 2.45) is 5.73 Å². The van der Waals surface area contributed by atoms with Gasteiger partial charge in [0.25, 0.3) is 0 Å². The number of hydrogen-bond acceptors (Lipinski definition) is 4. The van der Waals surface area contributed by atoms with E-state index in [1.165, 1.54) is 7.11 Å². The molecule has 3 N–H and O–H groups in total. The average Bonchev–Trinajstić information content (AvgIpc) is 1.87. The Morgan fingerprint density at radius 3 is 2.80 bits per heavy atom. The van der Waals surface area contributed by atoms with Crippen molar-refractivity contribution in [3.05, 3.63) is 0 Å². The lowest BCUT2D eigenvalue weighted by molar-refractivity contribution is -0.140. The number of carbonyl (C=O) groups is 1. The van der Waals surface area contributed by atoms with E-state index in [2.05, 4.69) is 4.74 Å². The maximum atomic E-state index is 10.4. The summed E-state index contributed by atoms with van der Waals surface area (Å²) in [6.07, 6.45) is 0.306. The molecule has 4 nitrogen and oxygen atoms in total. The molecule has 0 saturated carbocycles. The van der Waals surface area contributed by atoms with E-state index in [-0.39, 0.29) is 11.1 Å². The topological polar surface area (TPSA) is 76.2 Å². The molecule has 5 heteroatoms. The van der Waals surface area contributed by atoms with E-state index in [0.29, 0.717) is 12.2 Å². The Hall–Kier alpha value is -0.710. The molecule has 0 rings (SSSR count). The summed E-state index contributed by atoms with van der Waals surface area (Å²) in [7, 11) is 1.33. The van der Waals surface area contributed by atoms with Crippen LogP contribution in [-0.4, -0.2) is 24.0 Å². The highest BCUT2D eigenvalue weighted by Crippen LogP contribution is 2.00. The highest BCUT2D eigenvalue weighted by Gasteiger charge is 1.99. The first-order valence-corrected chi connectivity index (χ1v) is 3.69. The smallest absolute Gasteiger partial charge is 0.306 e. The van der Waals surface area contributed by atoms with Crippen molar-refractivity contribution < 1.29 is 9.53 Å². The molecule has 0 aromatic rings. The zero-order valence-electron chi connectivity index (χ0n) is 5.72. The first kappa shape index (κ1) is 9.29. The van der Waals surface area contributed by atoms with Gasteiger partial charge in [-0.25, -0.2) is 0 Å². The van der Waals surface area contributed by atoms with Gasteiger partial charge in [0.15, 0.2) is 5.17 Å². The van der Waals surface area contributed by atoms with Gasteiger partial charge in [0.05, 0.1) is 13.5 Å². The van der Waals surface area contributed by atoms with Crippen LogP contribution in [-0.2, 0) is 9.53 Å². The molecule has 0 saturated heterocycles. The quantitative estimate of drug-likeness (QED) is 0.352. The Morgan fingerprint density at radius 1 is 1.80 bits per heavy atom. The first-order chi connectivity index (χ1) is 4.66. The van der Waals surface area contributed by atoms with Crippen molar-refractivity contribution in [1.29, 1.82) is 5.41 Å². The summed E-state index contributed by atoms with van der Waals surface area (Å²) in [6.45, 7) is 0. The fourth-order valence-corrected chi connectivity index (χ4v) is 0.835. The Kier molecular flexibility index (Phi) is 4.74. The number of nitrogens with one attached hydrogen (secondary N) is 1. The van der Waals surface area contributed by atoms with E-state index in [1.54, 1.807) is 0 Å². The molecule has 0 spiro atoms. The molecule has 0 aliphatic carbocycles. The van der Waals surface area contributed by atoms with E-state index in [4.69, 9.17) is 11.1 Å². The SMILES string of the molecule is COC(=O)CCSC(=N)N. The van der Waals surface area contributed by atoms with Gasteiger partial charge in [-0.1, -0.05) is 11.8 Å². The fourth-order valence-electron chi connectivity index (χ4n) is 0.346. The van der Waals surface area contributed by atoms with Gasteiger partial charge in [0.2, 0.25) is 0 Å². The number of esters is 1. The minimum Gasteiger partial charge on any atom is -0.469 e. The van der Waals surface area contributed by atoms with Crippen LogP contribution in [0.4, 0.5) is 0 Å². The van der Waals surface area contributed by atoms with Crippen LogP contribution in [0.2, 0.25) is 0 Å². The third kappa shape index (κ3) is 5.43. The van der Waals surface area contributed by atoms with E-state index >= 15 is 0 Å². The second kappa shape index (κ2) is 5.10. The largest absolute Gasteiger partial charge is 0.469 e.